The second-order valence-electron chi connectivity index (χ2n) is 5.74. The third-order valence-electron chi connectivity index (χ3n) is 3.54. The number of hydrogen-bond donors (Lipinski definition) is 1. The van der Waals surface area contributed by atoms with Crippen LogP contribution in [0.15, 0.2) is 52.3 Å². The standard InChI is InChI=1S/C16H16F3N3O4S/c1-21(2)27(25,26)13-6-4-12(5-7-13)20-14(23)10-22-9-11(16(17,18)19)3-8-15(22)24/h3-9H,10H2,1-2H3,(H,20,23). The van der Waals surface area contributed by atoms with E-state index in [1.165, 1.54) is 38.4 Å². The highest BCUT2D eigenvalue weighted by Crippen LogP contribution is 2.28. The lowest BCUT2D eigenvalue weighted by molar-refractivity contribution is -0.138. The number of halogens is 3. The maximum absolute atomic E-state index is 12.7. The number of rotatable bonds is 5. The minimum Gasteiger partial charge on any atom is -0.325 e. The van der Waals surface area contributed by atoms with Gasteiger partial charge in [-0.25, -0.2) is 12.7 Å². The van der Waals surface area contributed by atoms with Crippen LogP contribution in [0.4, 0.5) is 18.9 Å². The molecule has 0 aliphatic heterocycles. The second kappa shape index (κ2) is 7.53. The molecule has 0 saturated heterocycles. The molecule has 1 N–H and O–H groups in total. The number of nitrogens with one attached hydrogen (secondary N) is 1. The third kappa shape index (κ3) is 4.95. The molecular weight excluding hydrogens is 387 g/mol. The minimum atomic E-state index is -4.64. The van der Waals surface area contributed by atoms with Gasteiger partial charge in [-0.05, 0) is 30.3 Å². The van der Waals surface area contributed by atoms with Gasteiger partial charge in [0.05, 0.1) is 10.5 Å². The number of anilines is 1. The molecule has 0 atom stereocenters. The van der Waals surface area contributed by atoms with Gasteiger partial charge in [0, 0.05) is 32.0 Å². The Labute approximate surface area is 153 Å². The molecule has 1 heterocycles. The Morgan fingerprint density at radius 1 is 1.11 bits per heavy atom. The Bertz CT molecular complexity index is 997. The van der Waals surface area contributed by atoms with Crippen molar-refractivity contribution in [3.05, 3.63) is 58.5 Å². The van der Waals surface area contributed by atoms with Gasteiger partial charge in [0.1, 0.15) is 6.54 Å². The number of hydrogen-bond acceptors (Lipinski definition) is 4. The average molecular weight is 403 g/mol. The zero-order valence-electron chi connectivity index (χ0n) is 14.3. The first-order chi connectivity index (χ1) is 12.4. The smallest absolute Gasteiger partial charge is 0.325 e. The predicted octanol–water partition coefficient (Wildman–Crippen LogP) is 1.76. The molecule has 0 spiro atoms. The lowest BCUT2D eigenvalue weighted by Crippen LogP contribution is -2.28. The van der Waals surface area contributed by atoms with Crippen LogP contribution in [0.3, 0.4) is 0 Å². The summed E-state index contributed by atoms with van der Waals surface area (Å²) in [4.78, 5) is 23.7. The molecule has 0 radical (unpaired) electrons. The summed E-state index contributed by atoms with van der Waals surface area (Å²) in [7, 11) is -0.881. The Morgan fingerprint density at radius 3 is 2.22 bits per heavy atom. The number of aromatic nitrogens is 1. The van der Waals surface area contributed by atoms with E-state index in [4.69, 9.17) is 0 Å². The van der Waals surface area contributed by atoms with E-state index in [1.54, 1.807) is 0 Å². The highest BCUT2D eigenvalue weighted by atomic mass is 32.2. The van der Waals surface area contributed by atoms with Crippen LogP contribution in [-0.4, -0.2) is 37.3 Å². The summed E-state index contributed by atoms with van der Waals surface area (Å²) in [5.41, 5.74) is -1.57. The molecular formula is C16H16F3N3O4S. The molecule has 0 fully saturated rings. The van der Waals surface area contributed by atoms with Gasteiger partial charge < -0.3 is 9.88 Å². The Kier molecular flexibility index (Phi) is 5.76. The molecule has 0 saturated carbocycles. The topological polar surface area (TPSA) is 88.5 Å². The molecule has 27 heavy (non-hydrogen) atoms. The van der Waals surface area contributed by atoms with E-state index in [1.807, 2.05) is 0 Å². The van der Waals surface area contributed by atoms with Crippen molar-refractivity contribution in [2.75, 3.05) is 19.4 Å². The molecule has 0 aliphatic rings. The summed E-state index contributed by atoms with van der Waals surface area (Å²) in [6.07, 6.45) is -4.08. The number of alkyl halides is 3. The summed E-state index contributed by atoms with van der Waals surface area (Å²) >= 11 is 0. The average Bonchev–Trinajstić information content (AvgIpc) is 2.56. The molecule has 1 aromatic carbocycles. The van der Waals surface area contributed by atoms with Crippen molar-refractivity contribution in [2.24, 2.45) is 0 Å². The van der Waals surface area contributed by atoms with Crippen LogP contribution in [0.25, 0.3) is 0 Å². The molecule has 7 nitrogen and oxygen atoms in total. The highest BCUT2D eigenvalue weighted by molar-refractivity contribution is 7.89. The first-order valence-electron chi connectivity index (χ1n) is 7.51. The monoisotopic (exact) mass is 403 g/mol. The molecule has 2 rings (SSSR count). The van der Waals surface area contributed by atoms with Crippen molar-refractivity contribution >= 4 is 21.6 Å². The maximum atomic E-state index is 12.7. The highest BCUT2D eigenvalue weighted by Gasteiger charge is 2.31. The molecule has 0 bridgehead atoms. The molecule has 11 heteroatoms. The van der Waals surface area contributed by atoms with Crippen molar-refractivity contribution in [1.29, 1.82) is 0 Å². The first kappa shape index (κ1) is 20.6. The van der Waals surface area contributed by atoms with Crippen LogP contribution in [0.1, 0.15) is 5.56 Å². The largest absolute Gasteiger partial charge is 0.417 e. The van der Waals surface area contributed by atoms with Gasteiger partial charge in [-0.1, -0.05) is 0 Å². The Hall–Kier alpha value is -2.66. The van der Waals surface area contributed by atoms with E-state index in [0.29, 0.717) is 16.8 Å². The van der Waals surface area contributed by atoms with Crippen LogP contribution in [0.2, 0.25) is 0 Å². The molecule has 1 aromatic heterocycles. The normalized spacial score (nSPS) is 12.2. The van der Waals surface area contributed by atoms with E-state index in [0.717, 1.165) is 10.4 Å². The Balaban J connectivity index is 2.14. The lowest BCUT2D eigenvalue weighted by Gasteiger charge is -2.13. The number of carbonyl (C=O) groups is 1. The summed E-state index contributed by atoms with van der Waals surface area (Å²) in [5.74, 6) is -0.736. The molecule has 2 aromatic rings. The van der Waals surface area contributed by atoms with Crippen LogP contribution in [-0.2, 0) is 27.5 Å². The fourth-order valence-corrected chi connectivity index (χ4v) is 3.00. The van der Waals surface area contributed by atoms with E-state index in [9.17, 15) is 31.2 Å². The molecule has 0 aliphatic carbocycles. The van der Waals surface area contributed by atoms with Crippen LogP contribution < -0.4 is 10.9 Å². The SMILES string of the molecule is CN(C)S(=O)(=O)c1ccc(NC(=O)Cn2cc(C(F)(F)F)ccc2=O)cc1. The van der Waals surface area contributed by atoms with Crippen molar-refractivity contribution in [3.63, 3.8) is 0 Å². The number of nitrogens with zero attached hydrogens (tertiary/aromatic N) is 2. The van der Waals surface area contributed by atoms with Gasteiger partial charge in [0.15, 0.2) is 0 Å². The van der Waals surface area contributed by atoms with Gasteiger partial charge in [-0.15, -0.1) is 0 Å². The van der Waals surface area contributed by atoms with Crippen molar-refractivity contribution < 1.29 is 26.4 Å². The number of amides is 1. The summed E-state index contributed by atoms with van der Waals surface area (Å²) < 4.78 is 63.7. The number of carbonyl (C=O) groups excluding carboxylic acids is 1. The van der Waals surface area contributed by atoms with Crippen LogP contribution in [0, 0.1) is 0 Å². The van der Waals surface area contributed by atoms with Crippen molar-refractivity contribution in [3.8, 4) is 0 Å². The summed E-state index contributed by atoms with van der Waals surface area (Å²) in [6, 6.07) is 6.60. The van der Waals surface area contributed by atoms with Crippen molar-refractivity contribution in [2.45, 2.75) is 17.6 Å². The van der Waals surface area contributed by atoms with Gasteiger partial charge in [-0.3, -0.25) is 9.59 Å². The fraction of sp³-hybridized carbons (Fsp3) is 0.250. The summed E-state index contributed by atoms with van der Waals surface area (Å²) in [6.45, 7) is -0.625. The fourth-order valence-electron chi connectivity index (χ4n) is 2.10. The number of sulfonamides is 1. The zero-order valence-corrected chi connectivity index (χ0v) is 15.1. The minimum absolute atomic E-state index is 0.0135. The third-order valence-corrected chi connectivity index (χ3v) is 5.37. The van der Waals surface area contributed by atoms with E-state index in [2.05, 4.69) is 5.32 Å². The zero-order chi connectivity index (χ0) is 20.4. The van der Waals surface area contributed by atoms with Crippen LogP contribution >= 0.6 is 0 Å². The predicted molar refractivity (Wildman–Crippen MR) is 91.6 cm³/mol. The second-order valence-corrected chi connectivity index (χ2v) is 7.89. The maximum Gasteiger partial charge on any atom is 0.417 e. The van der Waals surface area contributed by atoms with E-state index in [-0.39, 0.29) is 10.6 Å². The Morgan fingerprint density at radius 2 is 1.70 bits per heavy atom. The lowest BCUT2D eigenvalue weighted by atomic mass is 10.2. The quantitative estimate of drug-likeness (QED) is 0.824. The van der Waals surface area contributed by atoms with Gasteiger partial charge in [-0.2, -0.15) is 13.2 Å². The number of pyridine rings is 1. The molecule has 0 unspecified atom stereocenters. The first-order valence-corrected chi connectivity index (χ1v) is 8.95. The molecule has 146 valence electrons. The van der Waals surface area contributed by atoms with E-state index < -0.39 is 39.8 Å². The number of benzene rings is 1. The van der Waals surface area contributed by atoms with Crippen molar-refractivity contribution in [1.82, 2.24) is 8.87 Å². The van der Waals surface area contributed by atoms with Gasteiger partial charge in [0.25, 0.3) is 5.56 Å². The molecule has 1 amide bonds. The van der Waals surface area contributed by atoms with Crippen LogP contribution in [0.5, 0.6) is 0 Å². The summed E-state index contributed by atoms with van der Waals surface area (Å²) in [5, 5.41) is 2.40. The van der Waals surface area contributed by atoms with Gasteiger partial charge in [0.2, 0.25) is 15.9 Å². The van der Waals surface area contributed by atoms with Gasteiger partial charge >= 0.3 is 6.18 Å². The van der Waals surface area contributed by atoms with E-state index >= 15 is 0 Å².